The summed E-state index contributed by atoms with van der Waals surface area (Å²) in [6, 6.07) is -0.542. The van der Waals surface area contributed by atoms with Crippen molar-refractivity contribution in [1.82, 2.24) is 10.6 Å². The molecule has 0 rings (SSSR count). The van der Waals surface area contributed by atoms with E-state index in [4.69, 9.17) is 4.74 Å². The van der Waals surface area contributed by atoms with E-state index in [1.807, 2.05) is 0 Å². The molecule has 0 aliphatic heterocycles. The molecular formula is C32H64N2O3. The Morgan fingerprint density at radius 3 is 1.57 bits per heavy atom. The fourth-order valence-electron chi connectivity index (χ4n) is 5.02. The molecule has 0 saturated heterocycles. The van der Waals surface area contributed by atoms with Gasteiger partial charge in [-0.1, -0.05) is 125 Å². The molecule has 2 N–H and O–H groups in total. The van der Waals surface area contributed by atoms with E-state index in [0.717, 1.165) is 19.3 Å². The highest BCUT2D eigenvalue weighted by Crippen LogP contribution is 2.36. The van der Waals surface area contributed by atoms with Crippen molar-refractivity contribution in [1.29, 1.82) is 0 Å². The summed E-state index contributed by atoms with van der Waals surface area (Å²) in [4.78, 5) is 25.1. The molecule has 0 spiro atoms. The monoisotopic (exact) mass is 524 g/mol. The van der Waals surface area contributed by atoms with Gasteiger partial charge < -0.3 is 15.4 Å². The third-order valence-electron chi connectivity index (χ3n) is 8.11. The zero-order valence-electron chi connectivity index (χ0n) is 26.1. The van der Waals surface area contributed by atoms with Crippen molar-refractivity contribution in [2.45, 2.75) is 169 Å². The molecule has 0 bridgehead atoms. The Morgan fingerprint density at radius 1 is 0.730 bits per heavy atom. The molecule has 0 saturated carbocycles. The first-order chi connectivity index (χ1) is 17.5. The zero-order chi connectivity index (χ0) is 28.2. The maximum Gasteiger partial charge on any atom is 0.305 e. The molecule has 1 unspecified atom stereocenters. The van der Waals surface area contributed by atoms with Crippen LogP contribution in [0.15, 0.2) is 0 Å². The first-order valence-corrected chi connectivity index (χ1v) is 15.6. The second-order valence-corrected chi connectivity index (χ2v) is 12.8. The molecule has 5 heteroatoms. The largest absolute Gasteiger partial charge is 0.463 e. The third-order valence-corrected chi connectivity index (χ3v) is 8.11. The lowest BCUT2D eigenvalue weighted by Crippen LogP contribution is -2.59. The summed E-state index contributed by atoms with van der Waals surface area (Å²) in [5.74, 6) is 0.221. The number of hydrogen-bond acceptors (Lipinski definition) is 4. The van der Waals surface area contributed by atoms with Crippen molar-refractivity contribution in [2.75, 3.05) is 13.7 Å². The van der Waals surface area contributed by atoms with Gasteiger partial charge >= 0.3 is 5.97 Å². The van der Waals surface area contributed by atoms with Gasteiger partial charge in [0.05, 0.1) is 0 Å². The van der Waals surface area contributed by atoms with Gasteiger partial charge in [-0.3, -0.25) is 9.59 Å². The molecule has 0 aromatic rings. The van der Waals surface area contributed by atoms with Crippen molar-refractivity contribution >= 4 is 11.9 Å². The van der Waals surface area contributed by atoms with Crippen molar-refractivity contribution in [2.24, 2.45) is 11.3 Å². The molecular weight excluding hydrogens is 460 g/mol. The fraction of sp³-hybridized carbons (Fsp3) is 0.938. The summed E-state index contributed by atoms with van der Waals surface area (Å²) in [6.07, 6.45) is 21.0. The summed E-state index contributed by atoms with van der Waals surface area (Å²) in [7, 11) is 1.74. The number of amides is 1. The highest BCUT2D eigenvalue weighted by molar-refractivity contribution is 5.83. The van der Waals surface area contributed by atoms with E-state index in [1.165, 1.54) is 83.5 Å². The zero-order valence-corrected chi connectivity index (χ0v) is 26.1. The van der Waals surface area contributed by atoms with Gasteiger partial charge in [0, 0.05) is 12.0 Å². The van der Waals surface area contributed by atoms with Crippen LogP contribution in [0.25, 0.3) is 0 Å². The topological polar surface area (TPSA) is 67.4 Å². The minimum atomic E-state index is -0.542. The average Bonchev–Trinajstić information content (AvgIpc) is 2.80. The van der Waals surface area contributed by atoms with Crippen LogP contribution in [0.2, 0.25) is 0 Å². The van der Waals surface area contributed by atoms with Crippen LogP contribution in [-0.4, -0.2) is 37.1 Å². The predicted molar refractivity (Wildman–Crippen MR) is 159 cm³/mol. The summed E-state index contributed by atoms with van der Waals surface area (Å²) in [5, 5.41) is 6.19. The fourth-order valence-corrected chi connectivity index (χ4v) is 5.02. The summed E-state index contributed by atoms with van der Waals surface area (Å²) >= 11 is 0. The van der Waals surface area contributed by atoms with E-state index in [0.29, 0.717) is 12.3 Å². The first kappa shape index (κ1) is 35.9. The molecule has 1 atom stereocenters. The minimum absolute atomic E-state index is 0.0562. The van der Waals surface area contributed by atoms with Gasteiger partial charge in [-0.15, -0.1) is 0 Å². The molecule has 220 valence electrons. The van der Waals surface area contributed by atoms with Crippen molar-refractivity contribution < 1.29 is 14.3 Å². The Bertz CT molecular complexity index is 587. The SMILES string of the molecule is CCCCCCCCCCCCCCCCCC(=O)OCC(NC)C(=O)NC(C)(C)C(C)(C)CC(C)C. The van der Waals surface area contributed by atoms with Crippen molar-refractivity contribution in [3.05, 3.63) is 0 Å². The lowest BCUT2D eigenvalue weighted by Gasteiger charge is -2.44. The van der Waals surface area contributed by atoms with E-state index in [2.05, 4.69) is 59.1 Å². The lowest BCUT2D eigenvalue weighted by atomic mass is 9.69. The number of hydrogen-bond donors (Lipinski definition) is 2. The van der Waals surface area contributed by atoms with E-state index in [-0.39, 0.29) is 29.4 Å². The Kier molecular flexibility index (Phi) is 20.2. The van der Waals surface area contributed by atoms with Crippen LogP contribution in [-0.2, 0) is 14.3 Å². The van der Waals surface area contributed by atoms with Crippen molar-refractivity contribution in [3.8, 4) is 0 Å². The molecule has 1 amide bonds. The van der Waals surface area contributed by atoms with E-state index >= 15 is 0 Å². The number of nitrogens with one attached hydrogen (secondary N) is 2. The number of ether oxygens (including phenoxy) is 1. The molecule has 5 nitrogen and oxygen atoms in total. The average molecular weight is 525 g/mol. The standard InChI is InChI=1S/C32H64N2O3/c1-9-10-11-12-13-14-15-16-17-18-19-20-21-22-23-24-29(35)37-26-28(33-8)30(36)34-32(6,7)31(4,5)25-27(2)3/h27-28,33H,9-26H2,1-8H3,(H,34,36). The molecule has 0 aliphatic rings. The smallest absolute Gasteiger partial charge is 0.305 e. The van der Waals surface area contributed by atoms with Gasteiger partial charge in [0.1, 0.15) is 12.6 Å². The van der Waals surface area contributed by atoms with Crippen LogP contribution in [0.1, 0.15) is 158 Å². The quantitative estimate of drug-likeness (QED) is 0.0983. The number of unbranched alkanes of at least 4 members (excludes halogenated alkanes) is 14. The van der Waals surface area contributed by atoms with Gasteiger partial charge in [0.2, 0.25) is 5.91 Å². The second-order valence-electron chi connectivity index (χ2n) is 12.8. The summed E-state index contributed by atoms with van der Waals surface area (Å²) in [6.45, 7) is 15.3. The number of rotatable bonds is 24. The van der Waals surface area contributed by atoms with Crippen LogP contribution < -0.4 is 10.6 Å². The van der Waals surface area contributed by atoms with E-state index in [9.17, 15) is 9.59 Å². The van der Waals surface area contributed by atoms with Crippen LogP contribution in [0.4, 0.5) is 0 Å². The van der Waals surface area contributed by atoms with E-state index < -0.39 is 6.04 Å². The Morgan fingerprint density at radius 2 is 1.16 bits per heavy atom. The number of esters is 1. The first-order valence-electron chi connectivity index (χ1n) is 15.6. The normalized spacial score (nSPS) is 13.1. The molecule has 0 heterocycles. The van der Waals surface area contributed by atoms with Crippen LogP contribution in [0.3, 0.4) is 0 Å². The molecule has 0 aliphatic carbocycles. The van der Waals surface area contributed by atoms with Gasteiger partial charge in [-0.05, 0) is 45.1 Å². The second kappa shape index (κ2) is 20.8. The highest BCUT2D eigenvalue weighted by Gasteiger charge is 2.39. The minimum Gasteiger partial charge on any atom is -0.463 e. The molecule has 0 fully saturated rings. The summed E-state index contributed by atoms with van der Waals surface area (Å²) < 4.78 is 5.44. The predicted octanol–water partition coefficient (Wildman–Crippen LogP) is 8.35. The maximum atomic E-state index is 12.9. The Hall–Kier alpha value is -1.10. The maximum absolute atomic E-state index is 12.9. The summed E-state index contributed by atoms with van der Waals surface area (Å²) in [5.41, 5.74) is -0.430. The number of likely N-dealkylation sites (N-methyl/N-ethyl adjacent to an activating group) is 1. The molecule has 37 heavy (non-hydrogen) atoms. The molecule has 0 aromatic heterocycles. The van der Waals surface area contributed by atoms with Crippen LogP contribution in [0.5, 0.6) is 0 Å². The molecule has 0 aromatic carbocycles. The number of carbonyl (C=O) groups excluding carboxylic acids is 2. The van der Waals surface area contributed by atoms with E-state index in [1.54, 1.807) is 7.05 Å². The third kappa shape index (κ3) is 17.9. The molecule has 0 radical (unpaired) electrons. The highest BCUT2D eigenvalue weighted by atomic mass is 16.5. The van der Waals surface area contributed by atoms with Gasteiger partial charge in [-0.25, -0.2) is 0 Å². The Labute approximate surface area is 231 Å². The van der Waals surface area contributed by atoms with Gasteiger partial charge in [0.15, 0.2) is 0 Å². The lowest BCUT2D eigenvalue weighted by molar-refractivity contribution is -0.145. The van der Waals surface area contributed by atoms with Crippen molar-refractivity contribution in [3.63, 3.8) is 0 Å². The van der Waals surface area contributed by atoms with Crippen LogP contribution in [0, 0.1) is 11.3 Å². The van der Waals surface area contributed by atoms with Gasteiger partial charge in [0.25, 0.3) is 0 Å². The van der Waals surface area contributed by atoms with Crippen LogP contribution >= 0.6 is 0 Å². The number of carbonyl (C=O) groups is 2. The van der Waals surface area contributed by atoms with Gasteiger partial charge in [-0.2, -0.15) is 0 Å². The Balaban J connectivity index is 3.91.